The Kier molecular flexibility index (Phi) is 4.99. The van der Waals surface area contributed by atoms with E-state index in [0.29, 0.717) is 36.4 Å². The maximum atomic E-state index is 11.0. The summed E-state index contributed by atoms with van der Waals surface area (Å²) in [6, 6.07) is 0. The van der Waals surface area contributed by atoms with Gasteiger partial charge in [-0.15, -0.1) is 5.10 Å². The fourth-order valence-corrected chi connectivity index (χ4v) is 1.70. The van der Waals surface area contributed by atoms with Gasteiger partial charge in [-0.25, -0.2) is 4.68 Å². The molecule has 2 rings (SSSR count). The average Bonchev–Trinajstić information content (AvgIpc) is 3.05. The van der Waals surface area contributed by atoms with Crippen LogP contribution in [0.2, 0.25) is 0 Å². The van der Waals surface area contributed by atoms with Crippen LogP contribution in [0, 0.1) is 5.92 Å². The number of amides is 1. The highest BCUT2D eigenvalue weighted by molar-refractivity contribution is 5.77. The molecular formula is C12H19N7O2. The molecule has 0 fully saturated rings. The third-order valence-electron chi connectivity index (χ3n) is 2.64. The van der Waals surface area contributed by atoms with E-state index < -0.39 is 0 Å². The molecule has 2 heterocycles. The van der Waals surface area contributed by atoms with E-state index in [1.807, 2.05) is 0 Å². The van der Waals surface area contributed by atoms with Gasteiger partial charge in [-0.3, -0.25) is 4.79 Å². The molecule has 0 aliphatic carbocycles. The van der Waals surface area contributed by atoms with Crippen LogP contribution in [0.1, 0.15) is 31.3 Å². The molecule has 9 nitrogen and oxygen atoms in total. The van der Waals surface area contributed by atoms with Gasteiger partial charge in [0, 0.05) is 6.42 Å². The van der Waals surface area contributed by atoms with E-state index in [-0.39, 0.29) is 12.5 Å². The maximum absolute atomic E-state index is 11.0. The lowest BCUT2D eigenvalue weighted by atomic mass is 10.1. The number of hydrogen-bond donors (Lipinski definition) is 2. The molecule has 2 aromatic rings. The number of rotatable bonds is 7. The molecule has 0 bridgehead atoms. The van der Waals surface area contributed by atoms with Gasteiger partial charge in [0.05, 0.1) is 19.3 Å². The summed E-state index contributed by atoms with van der Waals surface area (Å²) >= 11 is 0. The number of carbonyl (C=O) groups excluding carboxylic acids is 1. The van der Waals surface area contributed by atoms with Gasteiger partial charge in [0.2, 0.25) is 11.8 Å². The minimum absolute atomic E-state index is 0.0469. The van der Waals surface area contributed by atoms with Crippen LogP contribution < -0.4 is 11.1 Å². The zero-order valence-corrected chi connectivity index (χ0v) is 12.1. The van der Waals surface area contributed by atoms with E-state index in [9.17, 15) is 4.79 Å². The Morgan fingerprint density at radius 2 is 2.33 bits per heavy atom. The van der Waals surface area contributed by atoms with E-state index in [0.717, 1.165) is 6.42 Å². The Morgan fingerprint density at radius 3 is 3.05 bits per heavy atom. The SMILES string of the molecule is CC(C)Cc1noc(Cn2cc(CNC(=O)CN)nn2)n1. The zero-order valence-electron chi connectivity index (χ0n) is 12.1. The minimum atomic E-state index is -0.236. The number of hydrogen-bond acceptors (Lipinski definition) is 7. The predicted octanol–water partition coefficient (Wildman–Crippen LogP) is -0.517. The Labute approximate surface area is 121 Å². The summed E-state index contributed by atoms with van der Waals surface area (Å²) in [6.07, 6.45) is 2.49. The second-order valence-corrected chi connectivity index (χ2v) is 5.09. The normalized spacial score (nSPS) is 11.0. The first-order chi connectivity index (χ1) is 10.1. The average molecular weight is 293 g/mol. The molecule has 114 valence electrons. The van der Waals surface area contributed by atoms with E-state index in [1.54, 1.807) is 10.9 Å². The highest BCUT2D eigenvalue weighted by Gasteiger charge is 2.10. The summed E-state index contributed by atoms with van der Waals surface area (Å²) in [7, 11) is 0. The molecule has 0 aliphatic rings. The quantitative estimate of drug-likeness (QED) is 0.703. The van der Waals surface area contributed by atoms with Crippen LogP contribution in [0.15, 0.2) is 10.7 Å². The Hall–Kier alpha value is -2.29. The van der Waals surface area contributed by atoms with Gasteiger partial charge in [-0.2, -0.15) is 4.98 Å². The lowest BCUT2D eigenvalue weighted by molar-refractivity contribution is -0.119. The topological polar surface area (TPSA) is 125 Å². The highest BCUT2D eigenvalue weighted by Crippen LogP contribution is 2.06. The van der Waals surface area contributed by atoms with Gasteiger partial charge in [0.15, 0.2) is 5.82 Å². The zero-order chi connectivity index (χ0) is 15.2. The van der Waals surface area contributed by atoms with Crippen molar-refractivity contribution in [2.45, 2.75) is 33.4 Å². The third kappa shape index (κ3) is 4.63. The third-order valence-corrected chi connectivity index (χ3v) is 2.64. The van der Waals surface area contributed by atoms with Crippen molar-refractivity contribution in [2.24, 2.45) is 11.7 Å². The van der Waals surface area contributed by atoms with Crippen molar-refractivity contribution in [3.8, 4) is 0 Å². The molecule has 3 N–H and O–H groups in total. The van der Waals surface area contributed by atoms with Crippen molar-refractivity contribution >= 4 is 5.91 Å². The van der Waals surface area contributed by atoms with E-state index >= 15 is 0 Å². The van der Waals surface area contributed by atoms with Crippen LogP contribution in [0.4, 0.5) is 0 Å². The van der Waals surface area contributed by atoms with E-state index in [1.165, 1.54) is 0 Å². The molecule has 2 aromatic heterocycles. The van der Waals surface area contributed by atoms with Crippen molar-refractivity contribution in [3.63, 3.8) is 0 Å². The van der Waals surface area contributed by atoms with E-state index in [4.69, 9.17) is 10.3 Å². The van der Waals surface area contributed by atoms with Crippen LogP contribution in [0.25, 0.3) is 0 Å². The molecule has 0 atom stereocenters. The van der Waals surface area contributed by atoms with Gasteiger partial charge in [0.1, 0.15) is 12.2 Å². The number of nitrogens with two attached hydrogens (primary N) is 1. The smallest absolute Gasteiger partial charge is 0.248 e. The highest BCUT2D eigenvalue weighted by atomic mass is 16.5. The Bertz CT molecular complexity index is 590. The Balaban J connectivity index is 1.90. The van der Waals surface area contributed by atoms with Gasteiger partial charge in [-0.1, -0.05) is 24.2 Å². The van der Waals surface area contributed by atoms with Crippen LogP contribution >= 0.6 is 0 Å². The number of carbonyl (C=O) groups is 1. The van der Waals surface area contributed by atoms with Gasteiger partial charge >= 0.3 is 0 Å². The molecule has 0 unspecified atom stereocenters. The molecular weight excluding hydrogens is 274 g/mol. The monoisotopic (exact) mass is 293 g/mol. The molecule has 9 heteroatoms. The molecule has 21 heavy (non-hydrogen) atoms. The molecule has 0 saturated heterocycles. The molecule has 1 amide bonds. The van der Waals surface area contributed by atoms with Crippen molar-refractivity contribution in [1.82, 2.24) is 30.5 Å². The largest absolute Gasteiger partial charge is 0.349 e. The second kappa shape index (κ2) is 6.93. The number of nitrogens with zero attached hydrogens (tertiary/aromatic N) is 5. The van der Waals surface area contributed by atoms with Crippen molar-refractivity contribution in [3.05, 3.63) is 23.6 Å². The molecule has 0 spiro atoms. The summed E-state index contributed by atoms with van der Waals surface area (Å²) in [4.78, 5) is 15.3. The lowest BCUT2D eigenvalue weighted by Crippen LogP contribution is -2.29. The summed E-state index contributed by atoms with van der Waals surface area (Å²) in [5, 5.41) is 14.4. The van der Waals surface area contributed by atoms with Crippen LogP contribution in [0.5, 0.6) is 0 Å². The summed E-state index contributed by atoms with van der Waals surface area (Å²) in [5.74, 6) is 1.41. The van der Waals surface area contributed by atoms with Crippen LogP contribution in [-0.2, 0) is 24.3 Å². The fourth-order valence-electron chi connectivity index (χ4n) is 1.70. The minimum Gasteiger partial charge on any atom is -0.349 e. The lowest BCUT2D eigenvalue weighted by Gasteiger charge is -1.98. The first kappa shape index (κ1) is 15.1. The summed E-state index contributed by atoms with van der Waals surface area (Å²) < 4.78 is 6.74. The van der Waals surface area contributed by atoms with Gasteiger partial charge < -0.3 is 15.6 Å². The Morgan fingerprint density at radius 1 is 1.52 bits per heavy atom. The summed E-state index contributed by atoms with van der Waals surface area (Å²) in [6.45, 7) is 4.78. The van der Waals surface area contributed by atoms with Crippen LogP contribution in [-0.4, -0.2) is 37.6 Å². The molecule has 0 aromatic carbocycles. The molecule has 0 radical (unpaired) electrons. The second-order valence-electron chi connectivity index (χ2n) is 5.09. The van der Waals surface area contributed by atoms with Gasteiger partial charge in [0.25, 0.3) is 0 Å². The van der Waals surface area contributed by atoms with Gasteiger partial charge in [-0.05, 0) is 5.92 Å². The van der Waals surface area contributed by atoms with Crippen LogP contribution in [0.3, 0.4) is 0 Å². The first-order valence-corrected chi connectivity index (χ1v) is 6.74. The number of aromatic nitrogens is 5. The molecule has 0 saturated carbocycles. The van der Waals surface area contributed by atoms with Crippen molar-refractivity contribution in [1.29, 1.82) is 0 Å². The van der Waals surface area contributed by atoms with Crippen molar-refractivity contribution in [2.75, 3.05) is 6.54 Å². The maximum Gasteiger partial charge on any atom is 0.248 e. The van der Waals surface area contributed by atoms with E-state index in [2.05, 4.69) is 39.6 Å². The number of nitrogens with one attached hydrogen (secondary N) is 1. The first-order valence-electron chi connectivity index (χ1n) is 6.74. The predicted molar refractivity (Wildman–Crippen MR) is 72.9 cm³/mol. The fraction of sp³-hybridized carbons (Fsp3) is 0.583. The van der Waals surface area contributed by atoms with Crippen molar-refractivity contribution < 1.29 is 9.32 Å². The molecule has 0 aliphatic heterocycles. The summed E-state index contributed by atoms with van der Waals surface area (Å²) in [5.41, 5.74) is 5.84. The standard InChI is InChI=1S/C12H19N7O2/c1-8(2)3-10-15-12(21-17-10)7-19-6-9(16-18-19)5-14-11(20)4-13/h6,8H,3-5,7,13H2,1-2H3,(H,14,20).